The van der Waals surface area contributed by atoms with E-state index >= 15 is 0 Å². The van der Waals surface area contributed by atoms with E-state index in [0.717, 1.165) is 10.7 Å². The van der Waals surface area contributed by atoms with E-state index in [1.165, 1.54) is 11.3 Å². The molecule has 0 fully saturated rings. The minimum absolute atomic E-state index is 0.406. The first-order valence-electron chi connectivity index (χ1n) is 2.42. The molecular weight excluding hydrogens is 177 g/mol. The third-order valence-corrected chi connectivity index (χ3v) is 2.39. The molecule has 1 nitrogen and oxygen atoms in total. The Balaban J connectivity index is 3.01. The molecule has 0 unspecified atom stereocenters. The zero-order valence-electron chi connectivity index (χ0n) is 4.82. The van der Waals surface area contributed by atoms with Gasteiger partial charge >= 0.3 is 0 Å². The van der Waals surface area contributed by atoms with E-state index in [1.54, 1.807) is 0 Å². The number of rotatable bonds is 1. The average molecular weight is 182 g/mol. The van der Waals surface area contributed by atoms with Gasteiger partial charge in [-0.25, -0.2) is 4.98 Å². The van der Waals surface area contributed by atoms with Crippen LogP contribution >= 0.6 is 34.5 Å². The van der Waals surface area contributed by atoms with Crippen LogP contribution in [0.15, 0.2) is 0 Å². The number of hydrogen-bond donors (Lipinski definition) is 0. The maximum atomic E-state index is 5.72. The highest BCUT2D eigenvalue weighted by Crippen LogP contribution is 2.24. The lowest BCUT2D eigenvalue weighted by Crippen LogP contribution is -1.76. The van der Waals surface area contributed by atoms with Gasteiger partial charge in [-0.15, -0.1) is 22.9 Å². The summed E-state index contributed by atoms with van der Waals surface area (Å²) in [7, 11) is 0. The van der Waals surface area contributed by atoms with E-state index in [9.17, 15) is 0 Å². The van der Waals surface area contributed by atoms with Gasteiger partial charge < -0.3 is 0 Å². The maximum absolute atomic E-state index is 5.72. The number of nitrogens with zero attached hydrogens (tertiary/aromatic N) is 1. The van der Waals surface area contributed by atoms with Gasteiger partial charge in [-0.2, -0.15) is 0 Å². The summed E-state index contributed by atoms with van der Waals surface area (Å²) >= 11 is 12.7. The molecule has 0 atom stereocenters. The molecule has 0 bridgehead atoms. The van der Waals surface area contributed by atoms with Crippen molar-refractivity contribution < 1.29 is 0 Å². The molecule has 9 heavy (non-hydrogen) atoms. The highest BCUT2D eigenvalue weighted by atomic mass is 35.5. The highest BCUT2D eigenvalue weighted by Gasteiger charge is 2.03. The van der Waals surface area contributed by atoms with Crippen LogP contribution in [0.2, 0.25) is 4.34 Å². The first-order valence-corrected chi connectivity index (χ1v) is 4.14. The first kappa shape index (κ1) is 7.32. The van der Waals surface area contributed by atoms with E-state index in [4.69, 9.17) is 23.2 Å². The first-order chi connectivity index (χ1) is 4.24. The van der Waals surface area contributed by atoms with E-state index in [1.807, 2.05) is 6.92 Å². The zero-order chi connectivity index (χ0) is 6.85. The molecule has 4 heteroatoms. The molecule has 0 aromatic carbocycles. The summed E-state index contributed by atoms with van der Waals surface area (Å²) in [5.74, 6) is 0.406. The van der Waals surface area contributed by atoms with Crippen molar-refractivity contribution in [3.05, 3.63) is 15.0 Å². The molecule has 0 saturated heterocycles. The Morgan fingerprint density at radius 3 is 2.56 bits per heavy atom. The van der Waals surface area contributed by atoms with Crippen molar-refractivity contribution in [3.63, 3.8) is 0 Å². The highest BCUT2D eigenvalue weighted by molar-refractivity contribution is 7.15. The Bertz CT molecular complexity index is 209. The second-order valence-electron chi connectivity index (χ2n) is 1.59. The molecule has 0 amide bonds. The summed E-state index contributed by atoms with van der Waals surface area (Å²) in [5, 5.41) is 0.968. The fourth-order valence-electron chi connectivity index (χ4n) is 0.528. The number of alkyl halides is 1. The van der Waals surface area contributed by atoms with Gasteiger partial charge in [0.15, 0.2) is 0 Å². The number of aromatic nitrogens is 1. The largest absolute Gasteiger partial charge is 0.244 e. The van der Waals surface area contributed by atoms with E-state index in [0.29, 0.717) is 10.2 Å². The molecule has 0 spiro atoms. The summed E-state index contributed by atoms with van der Waals surface area (Å²) in [4.78, 5) is 4.08. The van der Waals surface area contributed by atoms with Crippen LogP contribution < -0.4 is 0 Å². The minimum atomic E-state index is 0.406. The quantitative estimate of drug-likeness (QED) is 0.608. The Morgan fingerprint density at radius 2 is 2.33 bits per heavy atom. The summed E-state index contributed by atoms with van der Waals surface area (Å²) in [6, 6.07) is 0. The van der Waals surface area contributed by atoms with Gasteiger partial charge in [0.25, 0.3) is 0 Å². The third-order valence-electron chi connectivity index (χ3n) is 0.883. The van der Waals surface area contributed by atoms with Crippen LogP contribution in [0.5, 0.6) is 0 Å². The van der Waals surface area contributed by atoms with Gasteiger partial charge in [-0.3, -0.25) is 0 Å². The van der Waals surface area contributed by atoms with Crippen LogP contribution in [0, 0.1) is 6.92 Å². The molecular formula is C5H5Cl2NS. The van der Waals surface area contributed by atoms with Gasteiger partial charge in [0.2, 0.25) is 0 Å². The number of hydrogen-bond acceptors (Lipinski definition) is 2. The van der Waals surface area contributed by atoms with E-state index in [2.05, 4.69) is 4.98 Å². The Hall–Kier alpha value is 0.210. The van der Waals surface area contributed by atoms with Crippen molar-refractivity contribution in [2.45, 2.75) is 12.8 Å². The number of thiazole rings is 1. The van der Waals surface area contributed by atoms with Crippen LogP contribution in [-0.2, 0) is 5.88 Å². The van der Waals surface area contributed by atoms with Gasteiger partial charge in [-0.1, -0.05) is 11.6 Å². The lowest BCUT2D eigenvalue weighted by Gasteiger charge is -1.82. The van der Waals surface area contributed by atoms with Crippen LogP contribution in [0.3, 0.4) is 0 Å². The molecule has 1 heterocycles. The Labute approximate surface area is 67.6 Å². The molecule has 1 aromatic heterocycles. The van der Waals surface area contributed by atoms with Crippen LogP contribution in [0.1, 0.15) is 10.7 Å². The van der Waals surface area contributed by atoms with E-state index < -0.39 is 0 Å². The number of halogens is 2. The average Bonchev–Trinajstić information content (AvgIpc) is 2.10. The monoisotopic (exact) mass is 181 g/mol. The molecule has 0 N–H and O–H groups in total. The molecule has 0 aliphatic rings. The smallest absolute Gasteiger partial charge is 0.117 e. The van der Waals surface area contributed by atoms with Crippen molar-refractivity contribution in [3.8, 4) is 0 Å². The lowest BCUT2D eigenvalue weighted by molar-refractivity contribution is 1.17. The normalized spacial score (nSPS) is 10.1. The van der Waals surface area contributed by atoms with E-state index in [-0.39, 0.29) is 0 Å². The third kappa shape index (κ3) is 1.57. The summed E-state index contributed by atoms with van der Waals surface area (Å²) in [6.07, 6.45) is 0. The van der Waals surface area contributed by atoms with Crippen molar-refractivity contribution in [2.75, 3.05) is 0 Å². The maximum Gasteiger partial charge on any atom is 0.117 e. The zero-order valence-corrected chi connectivity index (χ0v) is 7.15. The topological polar surface area (TPSA) is 12.9 Å². The SMILES string of the molecule is Cc1nc(CCl)c(Cl)s1. The predicted octanol–water partition coefficient (Wildman–Crippen LogP) is 2.84. The fraction of sp³-hybridized carbons (Fsp3) is 0.400. The van der Waals surface area contributed by atoms with Gasteiger partial charge in [0.1, 0.15) is 4.34 Å². The summed E-state index contributed by atoms with van der Waals surface area (Å²) in [6.45, 7) is 1.91. The molecule has 1 rings (SSSR count). The van der Waals surface area contributed by atoms with Crippen LogP contribution in [0.25, 0.3) is 0 Å². The minimum Gasteiger partial charge on any atom is -0.244 e. The van der Waals surface area contributed by atoms with Gasteiger partial charge in [0, 0.05) is 0 Å². The second-order valence-corrected chi connectivity index (χ2v) is 3.66. The predicted molar refractivity (Wildman–Crippen MR) is 41.4 cm³/mol. The lowest BCUT2D eigenvalue weighted by atomic mass is 10.6. The van der Waals surface area contributed by atoms with Gasteiger partial charge in [-0.05, 0) is 6.92 Å². The number of aryl methyl sites for hydroxylation is 1. The Kier molecular flexibility index (Phi) is 2.33. The van der Waals surface area contributed by atoms with Crippen LogP contribution in [-0.4, -0.2) is 4.98 Å². The standard InChI is InChI=1S/C5H5Cl2NS/c1-3-8-4(2-6)5(7)9-3/h2H2,1H3. The molecule has 0 aliphatic carbocycles. The molecule has 50 valence electrons. The molecule has 0 saturated carbocycles. The fourth-order valence-corrected chi connectivity index (χ4v) is 1.96. The molecule has 1 aromatic rings. The molecule has 0 aliphatic heterocycles. The second kappa shape index (κ2) is 2.86. The molecule has 0 radical (unpaired) electrons. The van der Waals surface area contributed by atoms with Crippen molar-refractivity contribution >= 4 is 34.5 Å². The van der Waals surface area contributed by atoms with Crippen molar-refractivity contribution in [1.29, 1.82) is 0 Å². The Morgan fingerprint density at radius 1 is 1.67 bits per heavy atom. The van der Waals surface area contributed by atoms with Crippen LogP contribution in [0.4, 0.5) is 0 Å². The summed E-state index contributed by atoms with van der Waals surface area (Å²) < 4.78 is 0.711. The van der Waals surface area contributed by atoms with Gasteiger partial charge in [0.05, 0.1) is 16.6 Å². The van der Waals surface area contributed by atoms with Crippen molar-refractivity contribution in [1.82, 2.24) is 4.98 Å². The summed E-state index contributed by atoms with van der Waals surface area (Å²) in [5.41, 5.74) is 0.792. The van der Waals surface area contributed by atoms with Crippen molar-refractivity contribution in [2.24, 2.45) is 0 Å².